The largest absolute Gasteiger partial charge is 0.497 e. The van der Waals surface area contributed by atoms with E-state index in [2.05, 4.69) is 23.5 Å². The molecule has 1 aliphatic rings. The second-order valence-corrected chi connectivity index (χ2v) is 7.78. The van der Waals surface area contributed by atoms with Crippen molar-refractivity contribution in [2.75, 3.05) is 33.5 Å². The van der Waals surface area contributed by atoms with Gasteiger partial charge in [0.2, 0.25) is 0 Å². The number of hydrogen-bond donors (Lipinski definition) is 1. The van der Waals surface area contributed by atoms with Gasteiger partial charge in [0.05, 0.1) is 26.0 Å². The average molecular weight is 455 g/mol. The number of methoxy groups -OCH3 is 1. The lowest BCUT2D eigenvalue weighted by molar-refractivity contribution is 0.130. The number of thiocarbonyl (C=S) groups is 1. The van der Waals surface area contributed by atoms with E-state index in [4.69, 9.17) is 31.3 Å². The Bertz CT molecular complexity index is 924. The minimum Gasteiger partial charge on any atom is -0.497 e. The molecule has 3 rings (SSSR count). The first-order valence-electron chi connectivity index (χ1n) is 10.7. The molecule has 0 saturated heterocycles. The highest BCUT2D eigenvalue weighted by atomic mass is 32.1. The molecule has 0 spiro atoms. The van der Waals surface area contributed by atoms with Gasteiger partial charge in [-0.25, -0.2) is 0 Å². The summed E-state index contributed by atoms with van der Waals surface area (Å²) in [4.78, 5) is 6.25. The smallest absolute Gasteiger partial charge is 0.142 e. The van der Waals surface area contributed by atoms with Crippen LogP contribution >= 0.6 is 12.2 Å². The molecular formula is C25H30N2O4S. The maximum absolute atomic E-state index is 5.80. The Hall–Kier alpha value is -2.90. The number of ether oxygens (including phenoxy) is 3. The molecule has 0 bridgehead atoms. The molecule has 0 aromatic heterocycles. The Kier molecular flexibility index (Phi) is 9.53. The summed E-state index contributed by atoms with van der Waals surface area (Å²) in [7, 11) is 1.65. The summed E-state index contributed by atoms with van der Waals surface area (Å²) in [5.74, 6) is 1.58. The van der Waals surface area contributed by atoms with E-state index >= 15 is 0 Å². The SMILES string of the molecule is CCC(=NOCc1ccc(OC)cc1)c1ccc(OCC(=S)NCC2=CCOCC2)cc1. The predicted octanol–water partition coefficient (Wildman–Crippen LogP) is 4.67. The van der Waals surface area contributed by atoms with Gasteiger partial charge in [-0.05, 0) is 60.4 Å². The fraction of sp³-hybridized carbons (Fsp3) is 0.360. The third kappa shape index (κ3) is 7.66. The summed E-state index contributed by atoms with van der Waals surface area (Å²) in [6.07, 6.45) is 3.81. The van der Waals surface area contributed by atoms with E-state index in [9.17, 15) is 0 Å². The van der Waals surface area contributed by atoms with Gasteiger partial charge in [0, 0.05) is 6.54 Å². The van der Waals surface area contributed by atoms with Crippen molar-refractivity contribution in [3.63, 3.8) is 0 Å². The van der Waals surface area contributed by atoms with E-state index in [-0.39, 0.29) is 0 Å². The van der Waals surface area contributed by atoms with Crippen molar-refractivity contribution < 1.29 is 19.0 Å². The second kappa shape index (κ2) is 12.8. The van der Waals surface area contributed by atoms with Crippen molar-refractivity contribution in [3.8, 4) is 11.5 Å². The molecule has 0 unspecified atom stereocenters. The first kappa shape index (κ1) is 23.8. The molecule has 0 aliphatic carbocycles. The van der Waals surface area contributed by atoms with Crippen LogP contribution in [0.2, 0.25) is 0 Å². The van der Waals surface area contributed by atoms with Crippen molar-refractivity contribution >= 4 is 22.9 Å². The van der Waals surface area contributed by atoms with Crippen LogP contribution in [0.1, 0.15) is 30.9 Å². The zero-order valence-electron chi connectivity index (χ0n) is 18.6. The van der Waals surface area contributed by atoms with Crippen LogP contribution in [0.15, 0.2) is 65.3 Å². The summed E-state index contributed by atoms with van der Waals surface area (Å²) in [6.45, 7) is 5.01. The molecule has 1 aliphatic heterocycles. The standard InChI is InChI=1S/C25H30N2O4S/c1-3-24(27-31-17-20-4-8-22(28-2)9-5-20)21-6-10-23(11-7-21)30-18-25(32)26-16-19-12-14-29-15-13-19/h4-12H,3,13-18H2,1-2H3,(H,26,32). The van der Waals surface area contributed by atoms with Gasteiger partial charge in [-0.3, -0.25) is 0 Å². The number of oxime groups is 1. The average Bonchev–Trinajstić information content (AvgIpc) is 2.85. The van der Waals surface area contributed by atoms with Crippen molar-refractivity contribution in [2.45, 2.75) is 26.4 Å². The molecule has 0 saturated carbocycles. The minimum atomic E-state index is 0.345. The molecule has 6 nitrogen and oxygen atoms in total. The first-order chi connectivity index (χ1) is 15.7. The van der Waals surface area contributed by atoms with Crippen LogP contribution in [0, 0.1) is 0 Å². The highest BCUT2D eigenvalue weighted by molar-refractivity contribution is 7.80. The number of nitrogens with zero attached hydrogens (tertiary/aromatic N) is 1. The van der Waals surface area contributed by atoms with E-state index in [1.54, 1.807) is 7.11 Å². The van der Waals surface area contributed by atoms with Gasteiger partial charge < -0.3 is 24.4 Å². The molecule has 2 aromatic carbocycles. The van der Waals surface area contributed by atoms with Gasteiger partial charge in [-0.1, -0.05) is 48.1 Å². The van der Waals surface area contributed by atoms with Crippen LogP contribution in [-0.4, -0.2) is 44.2 Å². The molecule has 7 heteroatoms. The lowest BCUT2D eigenvalue weighted by Gasteiger charge is -2.15. The monoisotopic (exact) mass is 454 g/mol. The molecule has 0 radical (unpaired) electrons. The number of nitrogens with one attached hydrogen (secondary N) is 1. The molecule has 170 valence electrons. The minimum absolute atomic E-state index is 0.345. The van der Waals surface area contributed by atoms with Crippen LogP contribution in [-0.2, 0) is 16.2 Å². The number of hydrogen-bond acceptors (Lipinski definition) is 6. The van der Waals surface area contributed by atoms with E-state index in [1.807, 2.05) is 48.5 Å². The fourth-order valence-electron chi connectivity index (χ4n) is 3.11. The van der Waals surface area contributed by atoms with Crippen molar-refractivity contribution in [1.82, 2.24) is 5.32 Å². The molecule has 0 atom stereocenters. The Morgan fingerprint density at radius 1 is 1.09 bits per heavy atom. The van der Waals surface area contributed by atoms with Crippen LogP contribution in [0.5, 0.6) is 11.5 Å². The maximum Gasteiger partial charge on any atom is 0.142 e. The number of rotatable bonds is 11. The van der Waals surface area contributed by atoms with E-state index in [0.29, 0.717) is 24.8 Å². The van der Waals surface area contributed by atoms with E-state index in [0.717, 1.165) is 54.3 Å². The normalized spacial score (nSPS) is 13.8. The molecule has 32 heavy (non-hydrogen) atoms. The zero-order chi connectivity index (χ0) is 22.6. The Morgan fingerprint density at radius 3 is 2.50 bits per heavy atom. The van der Waals surface area contributed by atoms with E-state index < -0.39 is 0 Å². The van der Waals surface area contributed by atoms with Crippen molar-refractivity contribution in [2.24, 2.45) is 5.16 Å². The lowest BCUT2D eigenvalue weighted by Crippen LogP contribution is -2.29. The lowest BCUT2D eigenvalue weighted by atomic mass is 10.1. The van der Waals surface area contributed by atoms with Gasteiger partial charge in [0.1, 0.15) is 29.7 Å². The third-order valence-corrected chi connectivity index (χ3v) is 5.29. The Labute approximate surface area is 195 Å². The highest BCUT2D eigenvalue weighted by Crippen LogP contribution is 2.16. The summed E-state index contributed by atoms with van der Waals surface area (Å²) in [5.41, 5.74) is 4.24. The molecule has 1 N–H and O–H groups in total. The van der Waals surface area contributed by atoms with Gasteiger partial charge in [0.25, 0.3) is 0 Å². The molecular weight excluding hydrogens is 424 g/mol. The second-order valence-electron chi connectivity index (χ2n) is 7.29. The molecule has 2 aromatic rings. The molecule has 1 heterocycles. The van der Waals surface area contributed by atoms with Crippen LogP contribution in [0.3, 0.4) is 0 Å². The maximum atomic E-state index is 5.80. The highest BCUT2D eigenvalue weighted by Gasteiger charge is 2.06. The first-order valence-corrected chi connectivity index (χ1v) is 11.2. The Balaban J connectivity index is 1.45. The van der Waals surface area contributed by atoms with Gasteiger partial charge in [-0.15, -0.1) is 0 Å². The van der Waals surface area contributed by atoms with Crippen LogP contribution < -0.4 is 14.8 Å². The van der Waals surface area contributed by atoms with Crippen molar-refractivity contribution in [1.29, 1.82) is 0 Å². The summed E-state index contributed by atoms with van der Waals surface area (Å²) < 4.78 is 16.3. The fourth-order valence-corrected chi connectivity index (χ4v) is 3.24. The van der Waals surface area contributed by atoms with Gasteiger partial charge in [0.15, 0.2) is 0 Å². The Morgan fingerprint density at radius 2 is 1.84 bits per heavy atom. The zero-order valence-corrected chi connectivity index (χ0v) is 19.5. The molecule has 0 fully saturated rings. The molecule has 0 amide bonds. The van der Waals surface area contributed by atoms with E-state index in [1.165, 1.54) is 5.57 Å². The quantitative estimate of drug-likeness (QED) is 0.230. The third-order valence-electron chi connectivity index (χ3n) is 5.03. The van der Waals surface area contributed by atoms with Crippen LogP contribution in [0.4, 0.5) is 0 Å². The topological polar surface area (TPSA) is 61.3 Å². The predicted molar refractivity (Wildman–Crippen MR) is 131 cm³/mol. The van der Waals surface area contributed by atoms with Gasteiger partial charge >= 0.3 is 0 Å². The summed E-state index contributed by atoms with van der Waals surface area (Å²) in [5, 5.41) is 7.57. The number of benzene rings is 2. The van der Waals surface area contributed by atoms with Crippen molar-refractivity contribution in [3.05, 3.63) is 71.3 Å². The van der Waals surface area contributed by atoms with Gasteiger partial charge in [-0.2, -0.15) is 0 Å². The van der Waals surface area contributed by atoms with Crippen LogP contribution in [0.25, 0.3) is 0 Å². The summed E-state index contributed by atoms with van der Waals surface area (Å²) in [6, 6.07) is 15.6. The summed E-state index contributed by atoms with van der Waals surface area (Å²) >= 11 is 5.37.